The SMILES string of the molecule is CCOc1ccc(N2C(=O)/C(=C/c3ccc(Oc4nc5c(c(=O)n(C)c(=O)n5C)n4Cc4ccc(Cl)cc4Cl)c(OC)c3)SC2=S)cc1. The van der Waals surface area contributed by atoms with Gasteiger partial charge in [-0.3, -0.25) is 28.2 Å². The van der Waals surface area contributed by atoms with E-state index < -0.39 is 11.2 Å². The van der Waals surface area contributed by atoms with Gasteiger partial charge in [0.25, 0.3) is 11.5 Å². The summed E-state index contributed by atoms with van der Waals surface area (Å²) >= 11 is 19.3. The van der Waals surface area contributed by atoms with Crippen LogP contribution < -0.4 is 30.4 Å². The Balaban J connectivity index is 1.35. The van der Waals surface area contributed by atoms with Gasteiger partial charge in [0.2, 0.25) is 0 Å². The number of thiocarbonyl (C=S) groups is 1. The summed E-state index contributed by atoms with van der Waals surface area (Å²) in [4.78, 5) is 45.9. The van der Waals surface area contributed by atoms with E-state index in [4.69, 9.17) is 49.6 Å². The van der Waals surface area contributed by atoms with Crippen LogP contribution in [0, 0.1) is 0 Å². The molecule has 1 fully saturated rings. The summed E-state index contributed by atoms with van der Waals surface area (Å²) in [6.45, 7) is 2.53. The molecule has 3 aromatic carbocycles. The molecule has 6 rings (SSSR count). The van der Waals surface area contributed by atoms with Crippen molar-refractivity contribution in [1.82, 2.24) is 18.7 Å². The smallest absolute Gasteiger partial charge is 0.332 e. The van der Waals surface area contributed by atoms with Crippen LogP contribution in [0.1, 0.15) is 18.1 Å². The van der Waals surface area contributed by atoms with Gasteiger partial charge in [0.1, 0.15) is 5.75 Å². The first-order valence-corrected chi connectivity index (χ1v) is 16.5. The van der Waals surface area contributed by atoms with E-state index in [2.05, 4.69) is 4.98 Å². The van der Waals surface area contributed by atoms with Gasteiger partial charge in [0, 0.05) is 24.1 Å². The van der Waals surface area contributed by atoms with E-state index in [1.807, 2.05) is 6.92 Å². The number of carbonyl (C=O) groups excluding carboxylic acids is 1. The molecule has 1 aliphatic heterocycles. The van der Waals surface area contributed by atoms with Crippen molar-refractivity contribution in [3.63, 3.8) is 0 Å². The summed E-state index contributed by atoms with van der Waals surface area (Å²) in [6.07, 6.45) is 1.72. The fourth-order valence-electron chi connectivity index (χ4n) is 5.13. The number of thioether (sulfide) groups is 1. The normalized spacial score (nSPS) is 14.0. The predicted molar refractivity (Wildman–Crippen MR) is 192 cm³/mol. The van der Waals surface area contributed by atoms with Crippen LogP contribution >= 0.6 is 47.2 Å². The van der Waals surface area contributed by atoms with Gasteiger partial charge in [-0.1, -0.05) is 59.3 Å². The molecule has 11 nitrogen and oxygen atoms in total. The van der Waals surface area contributed by atoms with Crippen molar-refractivity contribution >= 4 is 80.3 Å². The minimum absolute atomic E-state index is 0.0246. The predicted octanol–water partition coefficient (Wildman–Crippen LogP) is 6.39. The first-order valence-electron chi connectivity index (χ1n) is 14.5. The quantitative estimate of drug-likeness (QED) is 0.126. The van der Waals surface area contributed by atoms with Gasteiger partial charge in [0.15, 0.2) is 27.0 Å². The number of aromatic nitrogens is 4. The van der Waals surface area contributed by atoms with E-state index >= 15 is 0 Å². The maximum atomic E-state index is 13.4. The van der Waals surface area contributed by atoms with Crippen LogP contribution in [0.25, 0.3) is 17.2 Å². The monoisotopic (exact) mass is 723 g/mol. The third kappa shape index (κ3) is 6.21. The minimum Gasteiger partial charge on any atom is -0.494 e. The molecule has 0 spiro atoms. The number of aryl methyl sites for hydroxylation is 1. The third-order valence-corrected chi connectivity index (χ3v) is 9.43. The van der Waals surface area contributed by atoms with Crippen molar-refractivity contribution in [2.75, 3.05) is 18.6 Å². The zero-order valence-electron chi connectivity index (χ0n) is 26.0. The number of nitrogens with zero attached hydrogens (tertiary/aromatic N) is 5. The lowest BCUT2D eigenvalue weighted by molar-refractivity contribution is -0.113. The molecule has 246 valence electrons. The van der Waals surface area contributed by atoms with Crippen molar-refractivity contribution in [2.24, 2.45) is 14.1 Å². The Bertz CT molecular complexity index is 2260. The molecule has 0 saturated carbocycles. The van der Waals surface area contributed by atoms with Crippen LogP contribution in [0.5, 0.6) is 23.3 Å². The number of benzene rings is 3. The Kier molecular flexibility index (Phi) is 9.39. The van der Waals surface area contributed by atoms with Crippen LogP contribution in [0.2, 0.25) is 10.0 Å². The Morgan fingerprint density at radius 3 is 2.40 bits per heavy atom. The van der Waals surface area contributed by atoms with E-state index in [1.54, 1.807) is 71.3 Å². The van der Waals surface area contributed by atoms with Gasteiger partial charge in [-0.05, 0) is 72.7 Å². The summed E-state index contributed by atoms with van der Waals surface area (Å²) in [5.41, 5.74) is 1.13. The average molecular weight is 725 g/mol. The first-order chi connectivity index (χ1) is 23.0. The van der Waals surface area contributed by atoms with Gasteiger partial charge < -0.3 is 14.2 Å². The second-order valence-electron chi connectivity index (χ2n) is 10.6. The highest BCUT2D eigenvalue weighted by atomic mass is 35.5. The number of hydrogen-bond acceptors (Lipinski definition) is 9. The highest BCUT2D eigenvalue weighted by Gasteiger charge is 2.33. The maximum Gasteiger partial charge on any atom is 0.332 e. The Morgan fingerprint density at radius 1 is 0.958 bits per heavy atom. The lowest BCUT2D eigenvalue weighted by Gasteiger charge is -2.15. The fourth-order valence-corrected chi connectivity index (χ4v) is 6.90. The number of halogens is 2. The molecule has 0 N–H and O–H groups in total. The number of fused-ring (bicyclic) bond motifs is 1. The van der Waals surface area contributed by atoms with E-state index in [0.29, 0.717) is 54.2 Å². The minimum atomic E-state index is -0.551. The molecule has 48 heavy (non-hydrogen) atoms. The second-order valence-corrected chi connectivity index (χ2v) is 13.1. The lowest BCUT2D eigenvalue weighted by atomic mass is 10.2. The van der Waals surface area contributed by atoms with E-state index in [9.17, 15) is 14.4 Å². The topological polar surface area (TPSA) is 110 Å². The Morgan fingerprint density at radius 2 is 1.71 bits per heavy atom. The molecule has 5 aromatic rings. The highest BCUT2D eigenvalue weighted by Crippen LogP contribution is 2.39. The zero-order valence-corrected chi connectivity index (χ0v) is 29.2. The van der Waals surface area contributed by atoms with Gasteiger partial charge in [0.05, 0.1) is 30.9 Å². The molecule has 1 amide bonds. The first kappa shape index (κ1) is 33.3. The number of imidazole rings is 1. The number of methoxy groups -OCH3 is 1. The van der Waals surface area contributed by atoms with Gasteiger partial charge in [-0.2, -0.15) is 4.98 Å². The van der Waals surface area contributed by atoms with Crippen LogP contribution in [-0.2, 0) is 25.4 Å². The van der Waals surface area contributed by atoms with Crippen molar-refractivity contribution < 1.29 is 19.0 Å². The molecule has 0 atom stereocenters. The summed E-state index contributed by atoms with van der Waals surface area (Å²) in [6, 6.07) is 17.3. The zero-order chi connectivity index (χ0) is 34.3. The number of amides is 1. The molecule has 1 saturated heterocycles. The fraction of sp³-hybridized carbons (Fsp3) is 0.182. The van der Waals surface area contributed by atoms with Gasteiger partial charge in [-0.25, -0.2) is 4.79 Å². The molecule has 15 heteroatoms. The van der Waals surface area contributed by atoms with Crippen molar-refractivity contribution in [1.29, 1.82) is 0 Å². The van der Waals surface area contributed by atoms with Gasteiger partial charge >= 0.3 is 11.7 Å². The van der Waals surface area contributed by atoms with E-state index in [-0.39, 0.29) is 35.4 Å². The van der Waals surface area contributed by atoms with Crippen molar-refractivity contribution in [2.45, 2.75) is 13.5 Å². The molecule has 0 radical (unpaired) electrons. The standard InChI is InChI=1S/C33H27Cl2N5O6S2/c1-5-45-22-11-9-21(10-12-22)40-29(41)26(48-33(40)47)15-18-6-13-24(25(14-18)44-4)46-31-36-28-27(30(42)38(3)32(43)37(28)2)39(31)17-19-7-8-20(34)16-23(19)35/h6-16H,5,17H2,1-4H3/b26-15-. The number of carbonyl (C=O) groups is 1. The van der Waals surface area contributed by atoms with Crippen molar-refractivity contribution in [3.8, 4) is 23.3 Å². The summed E-state index contributed by atoms with van der Waals surface area (Å²) in [5.74, 6) is 1.05. The number of anilines is 1. The van der Waals surface area contributed by atoms with E-state index in [1.165, 1.54) is 42.4 Å². The molecule has 0 unspecified atom stereocenters. The maximum absolute atomic E-state index is 13.4. The molecular weight excluding hydrogens is 697 g/mol. The number of rotatable bonds is 9. The van der Waals surface area contributed by atoms with Crippen LogP contribution in [0.15, 0.2) is 75.2 Å². The summed E-state index contributed by atoms with van der Waals surface area (Å²) in [7, 11) is 4.40. The molecule has 0 aliphatic carbocycles. The lowest BCUT2D eigenvalue weighted by Crippen LogP contribution is -2.37. The molecular formula is C33H27Cl2N5O6S2. The molecule has 0 bridgehead atoms. The third-order valence-electron chi connectivity index (χ3n) is 7.54. The second kappa shape index (κ2) is 13.5. The largest absolute Gasteiger partial charge is 0.494 e. The molecule has 3 heterocycles. The van der Waals surface area contributed by atoms with Crippen LogP contribution in [-0.4, -0.2) is 42.6 Å². The summed E-state index contributed by atoms with van der Waals surface area (Å²) in [5, 5.41) is 0.837. The van der Waals surface area contributed by atoms with Crippen LogP contribution in [0.4, 0.5) is 5.69 Å². The highest BCUT2D eigenvalue weighted by molar-refractivity contribution is 8.27. The number of ether oxygens (including phenoxy) is 3. The van der Waals surface area contributed by atoms with Gasteiger partial charge in [-0.15, -0.1) is 0 Å². The Hall–Kier alpha value is -4.56. The number of hydrogen-bond donors (Lipinski definition) is 0. The molecule has 1 aliphatic rings. The Labute approximate surface area is 293 Å². The van der Waals surface area contributed by atoms with Crippen molar-refractivity contribution in [3.05, 3.63) is 108 Å². The summed E-state index contributed by atoms with van der Waals surface area (Å²) < 4.78 is 21.7. The average Bonchev–Trinajstić information content (AvgIpc) is 3.56. The van der Waals surface area contributed by atoms with Crippen LogP contribution in [0.3, 0.4) is 0 Å². The van der Waals surface area contributed by atoms with E-state index in [0.717, 1.165) is 4.57 Å². The molecule has 2 aromatic heterocycles.